The van der Waals surface area contributed by atoms with E-state index in [2.05, 4.69) is 6.07 Å². The fraction of sp³-hybridized carbons (Fsp3) is 0.0833. The molecule has 14 heavy (non-hydrogen) atoms. The average Bonchev–Trinajstić information content (AvgIpc) is 2.23. The zero-order valence-electron chi connectivity index (χ0n) is 7.70. The van der Waals surface area contributed by atoms with Crippen molar-refractivity contribution in [2.75, 3.05) is 5.73 Å². The summed E-state index contributed by atoms with van der Waals surface area (Å²) >= 11 is 0. The topological polar surface area (TPSA) is 49.8 Å². The Bertz CT molecular complexity index is 509. The van der Waals surface area contributed by atoms with E-state index in [1.807, 2.05) is 36.4 Å². The first kappa shape index (κ1) is 8.58. The highest BCUT2D eigenvalue weighted by Gasteiger charge is 2.02. The number of nitrogens with two attached hydrogens (primary N) is 1. The van der Waals surface area contributed by atoms with E-state index in [9.17, 15) is 0 Å². The van der Waals surface area contributed by atoms with Crippen LogP contribution in [0.5, 0.6) is 0 Å². The smallest absolute Gasteiger partial charge is 0.0669 e. The molecule has 2 N–H and O–H groups in total. The van der Waals surface area contributed by atoms with Gasteiger partial charge in [0.25, 0.3) is 0 Å². The van der Waals surface area contributed by atoms with Crippen molar-refractivity contribution >= 4 is 16.5 Å². The normalized spacial score (nSPS) is 9.93. The Morgan fingerprint density at radius 2 is 1.79 bits per heavy atom. The molecule has 2 aromatic carbocycles. The van der Waals surface area contributed by atoms with Gasteiger partial charge in [0.1, 0.15) is 0 Å². The zero-order chi connectivity index (χ0) is 9.97. The summed E-state index contributed by atoms with van der Waals surface area (Å²) < 4.78 is 0. The molecule has 0 saturated carbocycles. The molecule has 0 aliphatic carbocycles. The second-order valence-corrected chi connectivity index (χ2v) is 3.19. The summed E-state index contributed by atoms with van der Waals surface area (Å²) in [6.07, 6.45) is 0.431. The molecule has 0 amide bonds. The summed E-state index contributed by atoms with van der Waals surface area (Å²) in [5.74, 6) is 0. The van der Waals surface area contributed by atoms with E-state index in [-0.39, 0.29) is 0 Å². The third-order valence-electron chi connectivity index (χ3n) is 2.32. The van der Waals surface area contributed by atoms with Gasteiger partial charge in [-0.15, -0.1) is 0 Å². The highest BCUT2D eigenvalue weighted by atomic mass is 14.5. The summed E-state index contributed by atoms with van der Waals surface area (Å²) in [7, 11) is 0. The number of benzene rings is 2. The standard InChI is InChI=1S/C12H10N2/c13-8-7-9-5-6-12(14)11-4-2-1-3-10(9)11/h1-6H,7,14H2. The number of hydrogen-bond acceptors (Lipinski definition) is 2. The lowest BCUT2D eigenvalue weighted by molar-refractivity contribution is 1.29. The minimum absolute atomic E-state index is 0.431. The largest absolute Gasteiger partial charge is 0.398 e. The first-order valence-corrected chi connectivity index (χ1v) is 4.46. The van der Waals surface area contributed by atoms with Crippen LogP contribution in [-0.4, -0.2) is 0 Å². The first-order chi connectivity index (χ1) is 6.83. The highest BCUT2D eigenvalue weighted by Crippen LogP contribution is 2.24. The Balaban J connectivity index is 2.76. The van der Waals surface area contributed by atoms with Crippen molar-refractivity contribution in [3.05, 3.63) is 42.0 Å². The van der Waals surface area contributed by atoms with Crippen molar-refractivity contribution in [3.8, 4) is 6.07 Å². The van der Waals surface area contributed by atoms with E-state index in [1.165, 1.54) is 0 Å². The molecule has 0 saturated heterocycles. The van der Waals surface area contributed by atoms with Gasteiger partial charge in [0.05, 0.1) is 12.5 Å². The van der Waals surface area contributed by atoms with Crippen LogP contribution in [0, 0.1) is 11.3 Å². The molecule has 0 aliphatic heterocycles. The summed E-state index contributed by atoms with van der Waals surface area (Å²) in [5, 5.41) is 10.8. The van der Waals surface area contributed by atoms with Gasteiger partial charge in [0.15, 0.2) is 0 Å². The maximum Gasteiger partial charge on any atom is 0.0669 e. The molecule has 0 spiro atoms. The van der Waals surface area contributed by atoms with E-state index in [0.717, 1.165) is 22.0 Å². The minimum Gasteiger partial charge on any atom is -0.398 e. The van der Waals surface area contributed by atoms with Crippen LogP contribution in [0.15, 0.2) is 36.4 Å². The number of rotatable bonds is 1. The van der Waals surface area contributed by atoms with Gasteiger partial charge >= 0.3 is 0 Å². The highest BCUT2D eigenvalue weighted by molar-refractivity contribution is 5.95. The predicted molar refractivity (Wildman–Crippen MR) is 57.7 cm³/mol. The van der Waals surface area contributed by atoms with Crippen LogP contribution >= 0.6 is 0 Å². The van der Waals surface area contributed by atoms with Crippen LogP contribution in [0.3, 0.4) is 0 Å². The van der Waals surface area contributed by atoms with Crippen molar-refractivity contribution in [2.24, 2.45) is 0 Å². The summed E-state index contributed by atoms with van der Waals surface area (Å²) in [5.41, 5.74) is 7.64. The second-order valence-electron chi connectivity index (χ2n) is 3.19. The molecule has 0 bridgehead atoms. The van der Waals surface area contributed by atoms with Crippen LogP contribution < -0.4 is 5.73 Å². The minimum atomic E-state index is 0.431. The number of nitriles is 1. The van der Waals surface area contributed by atoms with Gasteiger partial charge in [0, 0.05) is 11.1 Å². The van der Waals surface area contributed by atoms with Crippen LogP contribution in [0.1, 0.15) is 5.56 Å². The Morgan fingerprint density at radius 1 is 1.07 bits per heavy atom. The Kier molecular flexibility index (Phi) is 2.08. The molecule has 0 aromatic heterocycles. The van der Waals surface area contributed by atoms with Gasteiger partial charge in [-0.3, -0.25) is 0 Å². The van der Waals surface area contributed by atoms with Crippen molar-refractivity contribution in [3.63, 3.8) is 0 Å². The molecule has 0 radical (unpaired) electrons. The van der Waals surface area contributed by atoms with Crippen molar-refractivity contribution in [1.82, 2.24) is 0 Å². The third kappa shape index (κ3) is 1.29. The van der Waals surface area contributed by atoms with Crippen LogP contribution in [0.25, 0.3) is 10.8 Å². The van der Waals surface area contributed by atoms with Crippen molar-refractivity contribution in [2.45, 2.75) is 6.42 Å². The van der Waals surface area contributed by atoms with Gasteiger partial charge in [-0.2, -0.15) is 5.26 Å². The maximum atomic E-state index is 8.67. The molecule has 0 aliphatic rings. The van der Waals surface area contributed by atoms with Crippen LogP contribution in [-0.2, 0) is 6.42 Å². The number of anilines is 1. The van der Waals surface area contributed by atoms with Gasteiger partial charge in [-0.1, -0.05) is 30.3 Å². The molecule has 0 fully saturated rings. The fourth-order valence-corrected chi connectivity index (χ4v) is 1.62. The quantitative estimate of drug-likeness (QED) is 0.689. The molecule has 2 nitrogen and oxygen atoms in total. The average molecular weight is 182 g/mol. The Labute approximate surface area is 82.6 Å². The lowest BCUT2D eigenvalue weighted by atomic mass is 10.0. The number of nitrogen functional groups attached to an aromatic ring is 1. The number of nitrogens with zero attached hydrogens (tertiary/aromatic N) is 1. The lowest BCUT2D eigenvalue weighted by Gasteiger charge is -2.05. The second kappa shape index (κ2) is 3.39. The lowest BCUT2D eigenvalue weighted by Crippen LogP contribution is -1.90. The van der Waals surface area contributed by atoms with Crippen LogP contribution in [0.4, 0.5) is 5.69 Å². The Hall–Kier alpha value is -2.01. The molecule has 0 unspecified atom stereocenters. The third-order valence-corrected chi connectivity index (χ3v) is 2.32. The monoisotopic (exact) mass is 182 g/mol. The molecule has 2 rings (SSSR count). The molecule has 0 atom stereocenters. The van der Waals surface area contributed by atoms with Gasteiger partial charge in [0.2, 0.25) is 0 Å². The summed E-state index contributed by atoms with van der Waals surface area (Å²) in [4.78, 5) is 0. The number of fused-ring (bicyclic) bond motifs is 1. The van der Waals surface area contributed by atoms with E-state index in [1.54, 1.807) is 0 Å². The van der Waals surface area contributed by atoms with E-state index in [4.69, 9.17) is 11.0 Å². The van der Waals surface area contributed by atoms with Crippen LogP contribution in [0.2, 0.25) is 0 Å². The van der Waals surface area contributed by atoms with Gasteiger partial charge in [-0.25, -0.2) is 0 Å². The predicted octanol–water partition coefficient (Wildman–Crippen LogP) is 2.49. The summed E-state index contributed by atoms with van der Waals surface area (Å²) in [6, 6.07) is 13.8. The Morgan fingerprint density at radius 3 is 2.50 bits per heavy atom. The molecular formula is C12H10N2. The molecule has 68 valence electrons. The van der Waals surface area contributed by atoms with E-state index < -0.39 is 0 Å². The maximum absolute atomic E-state index is 8.67. The molecule has 2 aromatic rings. The van der Waals surface area contributed by atoms with Crippen molar-refractivity contribution in [1.29, 1.82) is 5.26 Å². The van der Waals surface area contributed by atoms with Gasteiger partial charge in [-0.05, 0) is 17.0 Å². The number of hydrogen-bond donors (Lipinski definition) is 1. The first-order valence-electron chi connectivity index (χ1n) is 4.46. The molecule has 2 heteroatoms. The zero-order valence-corrected chi connectivity index (χ0v) is 7.70. The van der Waals surface area contributed by atoms with E-state index >= 15 is 0 Å². The molecular weight excluding hydrogens is 172 g/mol. The van der Waals surface area contributed by atoms with Gasteiger partial charge < -0.3 is 5.73 Å². The fourth-order valence-electron chi connectivity index (χ4n) is 1.62. The molecule has 0 heterocycles. The van der Waals surface area contributed by atoms with E-state index in [0.29, 0.717) is 6.42 Å². The van der Waals surface area contributed by atoms with Crippen molar-refractivity contribution < 1.29 is 0 Å². The SMILES string of the molecule is N#CCc1ccc(N)c2ccccc12. The summed E-state index contributed by atoms with van der Waals surface area (Å²) in [6.45, 7) is 0.